The summed E-state index contributed by atoms with van der Waals surface area (Å²) in [6.07, 6.45) is 3.80. The van der Waals surface area contributed by atoms with Crippen LogP contribution in [0.15, 0.2) is 5.38 Å². The predicted octanol–water partition coefficient (Wildman–Crippen LogP) is 2.96. The van der Waals surface area contributed by atoms with Crippen LogP contribution in [0.4, 0.5) is 0 Å². The second-order valence-electron chi connectivity index (χ2n) is 2.89. The number of nitrogens with zero attached hydrogens (tertiary/aromatic N) is 1. The van der Waals surface area contributed by atoms with Crippen molar-refractivity contribution in [3.8, 4) is 0 Å². The molecule has 1 heterocycles. The minimum Gasteiger partial charge on any atom is -0.246 e. The number of hydrogen-bond donors (Lipinski definition) is 0. The molecule has 1 fully saturated rings. The van der Waals surface area contributed by atoms with E-state index in [9.17, 15) is 0 Å². The molecule has 0 aromatic carbocycles. The molecule has 3 heteroatoms. The van der Waals surface area contributed by atoms with E-state index in [4.69, 9.17) is 0 Å². The van der Waals surface area contributed by atoms with Crippen molar-refractivity contribution in [3.63, 3.8) is 0 Å². The number of hydrogen-bond acceptors (Lipinski definition) is 2. The Balaban J connectivity index is 2.06. The zero-order valence-corrected chi connectivity index (χ0v) is 8.62. The molecule has 0 atom stereocenters. The average Bonchev–Trinajstić information content (AvgIpc) is 2.75. The van der Waals surface area contributed by atoms with Gasteiger partial charge in [0.25, 0.3) is 0 Å². The first-order valence-electron chi connectivity index (χ1n) is 3.90. The molecule has 0 amide bonds. The third kappa shape index (κ3) is 1.82. The minimum atomic E-state index is 0.823. The Morgan fingerprint density at radius 1 is 1.64 bits per heavy atom. The van der Waals surface area contributed by atoms with Gasteiger partial charge in [0.05, 0.1) is 10.7 Å². The van der Waals surface area contributed by atoms with Crippen molar-refractivity contribution in [1.29, 1.82) is 0 Å². The SMILES string of the molecule is BrCCc1csc(C2CC2)n1. The standard InChI is InChI=1S/C8H10BrNS/c9-4-3-7-5-11-8(10-7)6-1-2-6/h5-6H,1-4H2. The topological polar surface area (TPSA) is 12.9 Å². The van der Waals surface area contributed by atoms with Gasteiger partial charge in [0, 0.05) is 23.0 Å². The quantitative estimate of drug-likeness (QED) is 0.730. The van der Waals surface area contributed by atoms with Gasteiger partial charge in [-0.05, 0) is 12.8 Å². The summed E-state index contributed by atoms with van der Waals surface area (Å²) in [5, 5.41) is 4.58. The van der Waals surface area contributed by atoms with Gasteiger partial charge >= 0.3 is 0 Å². The van der Waals surface area contributed by atoms with Crippen molar-refractivity contribution >= 4 is 27.3 Å². The predicted molar refractivity (Wildman–Crippen MR) is 51.6 cm³/mol. The summed E-state index contributed by atoms with van der Waals surface area (Å²) in [7, 11) is 0. The van der Waals surface area contributed by atoms with Gasteiger partial charge < -0.3 is 0 Å². The monoisotopic (exact) mass is 231 g/mol. The molecule has 0 N–H and O–H groups in total. The van der Waals surface area contributed by atoms with E-state index in [0.717, 1.165) is 17.7 Å². The first-order valence-corrected chi connectivity index (χ1v) is 5.90. The van der Waals surface area contributed by atoms with Gasteiger partial charge in [0.1, 0.15) is 0 Å². The summed E-state index contributed by atoms with van der Waals surface area (Å²) in [4.78, 5) is 4.55. The van der Waals surface area contributed by atoms with Crippen molar-refractivity contribution in [2.24, 2.45) is 0 Å². The van der Waals surface area contributed by atoms with E-state index < -0.39 is 0 Å². The molecule has 1 nitrogen and oxygen atoms in total. The third-order valence-electron chi connectivity index (χ3n) is 1.85. The highest BCUT2D eigenvalue weighted by Crippen LogP contribution is 2.41. The highest BCUT2D eigenvalue weighted by Gasteiger charge is 2.26. The molecule has 0 aliphatic heterocycles. The minimum absolute atomic E-state index is 0.823. The van der Waals surface area contributed by atoms with E-state index in [1.165, 1.54) is 23.5 Å². The van der Waals surface area contributed by atoms with Crippen molar-refractivity contribution in [3.05, 3.63) is 16.1 Å². The number of thiazole rings is 1. The molecule has 0 spiro atoms. The van der Waals surface area contributed by atoms with Crippen LogP contribution in [-0.4, -0.2) is 10.3 Å². The van der Waals surface area contributed by atoms with Gasteiger partial charge in [0.2, 0.25) is 0 Å². The Hall–Kier alpha value is 0.110. The zero-order valence-electron chi connectivity index (χ0n) is 6.22. The molecule has 1 aliphatic rings. The second kappa shape index (κ2) is 3.23. The van der Waals surface area contributed by atoms with Crippen molar-refractivity contribution in [1.82, 2.24) is 4.98 Å². The van der Waals surface area contributed by atoms with E-state index in [0.29, 0.717) is 0 Å². The van der Waals surface area contributed by atoms with Crippen LogP contribution in [0, 0.1) is 0 Å². The lowest BCUT2D eigenvalue weighted by Gasteiger charge is -1.87. The molecular weight excluding hydrogens is 222 g/mol. The zero-order chi connectivity index (χ0) is 7.68. The van der Waals surface area contributed by atoms with Crippen LogP contribution in [0.5, 0.6) is 0 Å². The van der Waals surface area contributed by atoms with Crippen LogP contribution in [0.2, 0.25) is 0 Å². The Kier molecular flexibility index (Phi) is 2.28. The molecular formula is C8H10BrNS. The highest BCUT2D eigenvalue weighted by molar-refractivity contribution is 9.09. The molecule has 0 radical (unpaired) electrons. The van der Waals surface area contributed by atoms with Crippen LogP contribution in [0.3, 0.4) is 0 Å². The number of halogens is 1. The molecule has 1 aromatic rings. The summed E-state index contributed by atoms with van der Waals surface area (Å²) in [5.41, 5.74) is 1.26. The van der Waals surface area contributed by atoms with Crippen LogP contribution in [0.1, 0.15) is 29.5 Å². The van der Waals surface area contributed by atoms with E-state index in [1.807, 2.05) is 11.3 Å². The fourth-order valence-corrected chi connectivity index (χ4v) is 2.48. The summed E-state index contributed by atoms with van der Waals surface area (Å²) < 4.78 is 0. The van der Waals surface area contributed by atoms with Gasteiger partial charge in [-0.1, -0.05) is 15.9 Å². The maximum absolute atomic E-state index is 4.55. The van der Waals surface area contributed by atoms with E-state index >= 15 is 0 Å². The molecule has 2 rings (SSSR count). The molecule has 0 bridgehead atoms. The fraction of sp³-hybridized carbons (Fsp3) is 0.625. The van der Waals surface area contributed by atoms with Crippen molar-refractivity contribution in [2.75, 3.05) is 5.33 Å². The summed E-state index contributed by atoms with van der Waals surface area (Å²) in [6.45, 7) is 0. The molecule has 1 aromatic heterocycles. The van der Waals surface area contributed by atoms with Gasteiger partial charge in [-0.15, -0.1) is 11.3 Å². The Morgan fingerprint density at radius 2 is 2.45 bits per heavy atom. The van der Waals surface area contributed by atoms with E-state index in [2.05, 4.69) is 26.3 Å². The summed E-state index contributed by atoms with van der Waals surface area (Å²) >= 11 is 5.24. The smallest absolute Gasteiger partial charge is 0.0959 e. The molecule has 0 unspecified atom stereocenters. The Bertz CT molecular complexity index is 242. The molecule has 11 heavy (non-hydrogen) atoms. The molecule has 1 saturated carbocycles. The summed E-state index contributed by atoms with van der Waals surface area (Å²) in [6, 6.07) is 0. The number of alkyl halides is 1. The maximum atomic E-state index is 4.55. The Morgan fingerprint density at radius 3 is 3.09 bits per heavy atom. The lowest BCUT2D eigenvalue weighted by molar-refractivity contribution is 1.01. The molecule has 0 saturated heterocycles. The van der Waals surface area contributed by atoms with Gasteiger partial charge in [-0.25, -0.2) is 4.98 Å². The van der Waals surface area contributed by atoms with Gasteiger partial charge in [0.15, 0.2) is 0 Å². The number of aromatic nitrogens is 1. The van der Waals surface area contributed by atoms with E-state index in [-0.39, 0.29) is 0 Å². The summed E-state index contributed by atoms with van der Waals surface area (Å²) in [5.74, 6) is 0.823. The normalized spacial score (nSPS) is 17.2. The van der Waals surface area contributed by atoms with Gasteiger partial charge in [-0.2, -0.15) is 0 Å². The van der Waals surface area contributed by atoms with Crippen LogP contribution < -0.4 is 0 Å². The van der Waals surface area contributed by atoms with E-state index in [1.54, 1.807) is 0 Å². The number of rotatable bonds is 3. The molecule has 60 valence electrons. The third-order valence-corrected chi connectivity index (χ3v) is 3.30. The largest absolute Gasteiger partial charge is 0.246 e. The highest BCUT2D eigenvalue weighted by atomic mass is 79.9. The lowest BCUT2D eigenvalue weighted by Crippen LogP contribution is -1.85. The van der Waals surface area contributed by atoms with Crippen LogP contribution >= 0.6 is 27.3 Å². The maximum Gasteiger partial charge on any atom is 0.0959 e. The number of aryl methyl sites for hydroxylation is 1. The first kappa shape index (κ1) is 7.74. The van der Waals surface area contributed by atoms with Gasteiger partial charge in [-0.3, -0.25) is 0 Å². The Labute approximate surface area is 79.0 Å². The van der Waals surface area contributed by atoms with Crippen LogP contribution in [-0.2, 0) is 6.42 Å². The van der Waals surface area contributed by atoms with Crippen molar-refractivity contribution in [2.45, 2.75) is 25.2 Å². The lowest BCUT2D eigenvalue weighted by atomic mass is 10.4. The second-order valence-corrected chi connectivity index (χ2v) is 4.57. The first-order chi connectivity index (χ1) is 5.40. The van der Waals surface area contributed by atoms with Crippen LogP contribution in [0.25, 0.3) is 0 Å². The average molecular weight is 232 g/mol. The van der Waals surface area contributed by atoms with Crippen molar-refractivity contribution < 1.29 is 0 Å². The fourth-order valence-electron chi connectivity index (χ4n) is 1.05. The molecule has 1 aliphatic carbocycles.